The summed E-state index contributed by atoms with van der Waals surface area (Å²) in [6.07, 6.45) is 2.49. The highest BCUT2D eigenvalue weighted by atomic mass is 19.1. The van der Waals surface area contributed by atoms with E-state index in [0.717, 1.165) is 12.8 Å². The van der Waals surface area contributed by atoms with Gasteiger partial charge in [-0.25, -0.2) is 18.7 Å². The van der Waals surface area contributed by atoms with Crippen LogP contribution in [0.3, 0.4) is 0 Å². The molecular weight excluding hydrogens is 496 g/mol. The summed E-state index contributed by atoms with van der Waals surface area (Å²) in [6.45, 7) is 3.75. The number of fused-ring (bicyclic) bond motifs is 1. The lowest BCUT2D eigenvalue weighted by molar-refractivity contribution is -0.125. The lowest BCUT2D eigenvalue weighted by Gasteiger charge is -2.15. The Morgan fingerprint density at radius 2 is 1.95 bits per heavy atom. The zero-order chi connectivity index (χ0) is 27.0. The van der Waals surface area contributed by atoms with Crippen LogP contribution in [0.2, 0.25) is 0 Å². The third-order valence-electron chi connectivity index (χ3n) is 7.15. The molecule has 3 N–H and O–H groups in total. The van der Waals surface area contributed by atoms with Crippen LogP contribution in [0, 0.1) is 25.6 Å². The minimum Gasteiger partial charge on any atom is -0.492 e. The molecule has 2 amide bonds. The summed E-state index contributed by atoms with van der Waals surface area (Å²) in [6, 6.07) is 2.21. The van der Waals surface area contributed by atoms with Crippen molar-refractivity contribution in [2.24, 2.45) is 5.92 Å². The van der Waals surface area contributed by atoms with Crippen molar-refractivity contribution in [1.29, 1.82) is 0 Å². The second kappa shape index (κ2) is 10.6. The molecule has 38 heavy (non-hydrogen) atoms. The third-order valence-corrected chi connectivity index (χ3v) is 7.15. The van der Waals surface area contributed by atoms with Gasteiger partial charge in [-0.15, -0.1) is 0 Å². The number of methoxy groups -OCH3 is 1. The number of aromatic amines is 1. The van der Waals surface area contributed by atoms with Crippen LogP contribution in [0.4, 0.5) is 8.78 Å². The zero-order valence-corrected chi connectivity index (χ0v) is 21.6. The van der Waals surface area contributed by atoms with Crippen LogP contribution in [-0.4, -0.2) is 65.3 Å². The summed E-state index contributed by atoms with van der Waals surface area (Å²) in [5.41, 5.74) is 2.35. The first kappa shape index (κ1) is 26.0. The molecule has 3 atom stereocenters. The van der Waals surface area contributed by atoms with Gasteiger partial charge in [-0.05, 0) is 50.7 Å². The minimum atomic E-state index is -1.32. The van der Waals surface area contributed by atoms with E-state index in [-0.39, 0.29) is 42.2 Å². The summed E-state index contributed by atoms with van der Waals surface area (Å²) < 4.78 is 41.0. The quantitative estimate of drug-likeness (QED) is 0.392. The molecule has 0 aliphatic heterocycles. The van der Waals surface area contributed by atoms with E-state index in [1.165, 1.54) is 13.4 Å². The van der Waals surface area contributed by atoms with Gasteiger partial charge in [-0.1, -0.05) is 6.07 Å². The number of carbonyl (C=O) groups excluding carboxylic acids is 2. The van der Waals surface area contributed by atoms with Gasteiger partial charge in [0, 0.05) is 25.3 Å². The normalized spacial score (nSPS) is 21.0. The lowest BCUT2D eigenvalue weighted by atomic mass is 10.0. The number of rotatable bonds is 9. The number of carbonyl (C=O) groups is 2. The molecule has 11 heteroatoms. The number of hydrogen-bond donors (Lipinski definition) is 3. The van der Waals surface area contributed by atoms with E-state index in [4.69, 9.17) is 9.47 Å². The van der Waals surface area contributed by atoms with E-state index in [0.29, 0.717) is 40.6 Å². The SMILES string of the molecule is COCC(=O)N[C@H]1C[C@@H](F)[C@H](NC(=O)c2c(C)[nH]c3c(-c4c(OCC5CC5)ccc(C)c4F)ncnc23)C1. The molecule has 0 bridgehead atoms. The van der Waals surface area contributed by atoms with Crippen LogP contribution in [0.25, 0.3) is 22.3 Å². The van der Waals surface area contributed by atoms with Gasteiger partial charge >= 0.3 is 0 Å². The maximum atomic E-state index is 15.5. The van der Waals surface area contributed by atoms with Crippen molar-refractivity contribution < 1.29 is 27.8 Å². The van der Waals surface area contributed by atoms with Crippen molar-refractivity contribution in [2.75, 3.05) is 20.3 Å². The molecule has 3 aromatic rings. The standard InChI is InChI=1S/C27H31F2N5O4/c1-13-4-7-19(38-10-15-5-6-15)22(23(13)29)25-26-24(30-12-31-25)21(14(2)32-26)27(36)34-18-9-16(8-17(18)28)33-20(35)11-37-3/h4,7,12,15-18,32H,5-6,8-11H2,1-3H3,(H,33,35)(H,34,36)/t16-,17+,18+/m0/s1. The Morgan fingerprint density at radius 1 is 1.16 bits per heavy atom. The first-order chi connectivity index (χ1) is 18.3. The van der Waals surface area contributed by atoms with Crippen LogP contribution in [-0.2, 0) is 9.53 Å². The number of H-pyrrole nitrogens is 1. The van der Waals surface area contributed by atoms with E-state index in [1.54, 1.807) is 26.0 Å². The van der Waals surface area contributed by atoms with E-state index in [2.05, 4.69) is 25.6 Å². The van der Waals surface area contributed by atoms with E-state index < -0.39 is 30.0 Å². The highest BCUT2D eigenvalue weighted by molar-refractivity contribution is 6.09. The van der Waals surface area contributed by atoms with Gasteiger partial charge in [-0.3, -0.25) is 9.59 Å². The van der Waals surface area contributed by atoms with E-state index in [1.807, 2.05) is 0 Å². The summed E-state index contributed by atoms with van der Waals surface area (Å²) in [5, 5.41) is 5.48. The van der Waals surface area contributed by atoms with Gasteiger partial charge in [0.2, 0.25) is 5.91 Å². The summed E-state index contributed by atoms with van der Waals surface area (Å²) in [5.74, 6) is -0.444. The van der Waals surface area contributed by atoms with Crippen molar-refractivity contribution >= 4 is 22.8 Å². The van der Waals surface area contributed by atoms with E-state index >= 15 is 4.39 Å². The lowest BCUT2D eigenvalue weighted by Crippen LogP contribution is -2.40. The summed E-state index contributed by atoms with van der Waals surface area (Å²) >= 11 is 0. The highest BCUT2D eigenvalue weighted by Gasteiger charge is 2.37. The number of benzene rings is 1. The third kappa shape index (κ3) is 5.20. The van der Waals surface area contributed by atoms with Gasteiger partial charge in [-0.2, -0.15) is 0 Å². The van der Waals surface area contributed by atoms with Crippen LogP contribution < -0.4 is 15.4 Å². The predicted molar refractivity (Wildman–Crippen MR) is 136 cm³/mol. The molecule has 2 aliphatic rings. The first-order valence-electron chi connectivity index (χ1n) is 12.8. The Bertz CT molecular complexity index is 1370. The second-order valence-electron chi connectivity index (χ2n) is 10.2. The van der Waals surface area contributed by atoms with Crippen LogP contribution in [0.15, 0.2) is 18.5 Å². The van der Waals surface area contributed by atoms with Crippen LogP contribution in [0.5, 0.6) is 5.75 Å². The fourth-order valence-electron chi connectivity index (χ4n) is 4.98. The molecule has 1 aromatic carbocycles. The fraction of sp³-hybridized carbons (Fsp3) is 0.481. The predicted octanol–water partition coefficient (Wildman–Crippen LogP) is 3.53. The van der Waals surface area contributed by atoms with Gasteiger partial charge in [0.25, 0.3) is 5.91 Å². The molecule has 2 fully saturated rings. The zero-order valence-electron chi connectivity index (χ0n) is 21.6. The monoisotopic (exact) mass is 527 g/mol. The first-order valence-corrected chi connectivity index (χ1v) is 12.8. The highest BCUT2D eigenvalue weighted by Crippen LogP contribution is 2.39. The van der Waals surface area contributed by atoms with Crippen LogP contribution >= 0.6 is 0 Å². The Balaban J connectivity index is 1.43. The fourth-order valence-corrected chi connectivity index (χ4v) is 4.98. The largest absolute Gasteiger partial charge is 0.492 e. The molecule has 2 saturated carbocycles. The van der Waals surface area contributed by atoms with Crippen molar-refractivity contribution in [3.05, 3.63) is 41.1 Å². The maximum Gasteiger partial charge on any atom is 0.255 e. The number of hydrogen-bond acceptors (Lipinski definition) is 6. The maximum absolute atomic E-state index is 15.5. The minimum absolute atomic E-state index is 0.0931. The number of alkyl halides is 1. The van der Waals surface area contributed by atoms with Gasteiger partial charge in [0.05, 0.1) is 29.3 Å². The molecule has 202 valence electrons. The van der Waals surface area contributed by atoms with Crippen molar-refractivity contribution in [3.8, 4) is 17.0 Å². The Hall–Kier alpha value is -3.60. The molecule has 0 spiro atoms. The van der Waals surface area contributed by atoms with E-state index in [9.17, 15) is 14.0 Å². The van der Waals surface area contributed by atoms with Gasteiger partial charge in [0.15, 0.2) is 0 Å². The Labute approximate surface area is 218 Å². The molecule has 0 saturated heterocycles. The molecule has 2 heterocycles. The summed E-state index contributed by atoms with van der Waals surface area (Å²) in [7, 11) is 1.41. The number of nitrogens with one attached hydrogen (secondary N) is 3. The van der Waals surface area contributed by atoms with Gasteiger partial charge < -0.3 is 25.1 Å². The average Bonchev–Trinajstić information content (AvgIpc) is 3.55. The van der Waals surface area contributed by atoms with Crippen LogP contribution in [0.1, 0.15) is 47.3 Å². The molecule has 2 aromatic heterocycles. The molecule has 9 nitrogen and oxygen atoms in total. The molecule has 0 unspecified atom stereocenters. The second-order valence-corrected chi connectivity index (χ2v) is 10.2. The molecule has 2 aliphatic carbocycles. The topological polar surface area (TPSA) is 118 Å². The molecule has 5 rings (SSSR count). The Morgan fingerprint density at radius 3 is 2.68 bits per heavy atom. The number of aromatic nitrogens is 3. The number of aryl methyl sites for hydroxylation is 2. The molecular formula is C27H31F2N5O4. The molecule has 0 radical (unpaired) electrons. The number of nitrogens with zero attached hydrogens (tertiary/aromatic N) is 2. The number of halogens is 2. The number of amides is 2. The van der Waals surface area contributed by atoms with Crippen molar-refractivity contribution in [1.82, 2.24) is 25.6 Å². The van der Waals surface area contributed by atoms with Crippen molar-refractivity contribution in [2.45, 2.75) is 57.8 Å². The smallest absolute Gasteiger partial charge is 0.255 e. The average molecular weight is 528 g/mol. The van der Waals surface area contributed by atoms with Crippen molar-refractivity contribution in [3.63, 3.8) is 0 Å². The Kier molecular flexibility index (Phi) is 7.29. The summed E-state index contributed by atoms with van der Waals surface area (Å²) in [4.78, 5) is 36.9. The number of ether oxygens (including phenoxy) is 2. The van der Waals surface area contributed by atoms with Gasteiger partial charge in [0.1, 0.15) is 41.9 Å².